The number of hydrogen-bond acceptors (Lipinski definition) is 4. The first kappa shape index (κ1) is 16.0. The number of benzene rings is 2. The third-order valence-corrected chi connectivity index (χ3v) is 3.77. The SMILES string of the molecule is NC(=O)[C@@H](OC(=O)CSc1ccc(F)cc1)c1ccccc1. The van der Waals surface area contributed by atoms with Gasteiger partial charge in [0.2, 0.25) is 6.10 Å². The molecule has 0 bridgehead atoms. The van der Waals surface area contributed by atoms with Gasteiger partial charge in [-0.1, -0.05) is 30.3 Å². The average molecular weight is 319 g/mol. The highest BCUT2D eigenvalue weighted by molar-refractivity contribution is 8.00. The number of thioether (sulfide) groups is 1. The second-order valence-corrected chi connectivity index (χ2v) is 5.47. The number of amides is 1. The van der Waals surface area contributed by atoms with E-state index in [1.54, 1.807) is 42.5 Å². The van der Waals surface area contributed by atoms with Gasteiger partial charge >= 0.3 is 5.97 Å². The van der Waals surface area contributed by atoms with Crippen molar-refractivity contribution in [1.29, 1.82) is 0 Å². The van der Waals surface area contributed by atoms with Crippen molar-refractivity contribution in [3.8, 4) is 0 Å². The molecule has 0 unspecified atom stereocenters. The van der Waals surface area contributed by atoms with E-state index in [4.69, 9.17) is 10.5 Å². The molecule has 2 N–H and O–H groups in total. The van der Waals surface area contributed by atoms with Crippen LogP contribution in [0.5, 0.6) is 0 Å². The molecule has 114 valence electrons. The molecule has 0 saturated heterocycles. The third-order valence-electron chi connectivity index (χ3n) is 2.78. The first-order chi connectivity index (χ1) is 10.6. The molecule has 2 rings (SSSR count). The maximum atomic E-state index is 12.8. The fraction of sp³-hybridized carbons (Fsp3) is 0.125. The minimum atomic E-state index is -1.11. The Balaban J connectivity index is 1.94. The summed E-state index contributed by atoms with van der Waals surface area (Å²) >= 11 is 1.19. The van der Waals surface area contributed by atoms with E-state index in [9.17, 15) is 14.0 Å². The van der Waals surface area contributed by atoms with Crippen molar-refractivity contribution in [3.05, 3.63) is 66.0 Å². The minimum absolute atomic E-state index is 0.00223. The lowest BCUT2D eigenvalue weighted by Crippen LogP contribution is -2.26. The lowest BCUT2D eigenvalue weighted by atomic mass is 10.1. The van der Waals surface area contributed by atoms with Crippen LogP contribution in [0.1, 0.15) is 11.7 Å². The van der Waals surface area contributed by atoms with Gasteiger partial charge in [-0.15, -0.1) is 11.8 Å². The molecule has 0 radical (unpaired) electrons. The molecule has 1 amide bonds. The standard InChI is InChI=1S/C16H14FNO3S/c17-12-6-8-13(9-7-12)22-10-14(19)21-15(16(18)20)11-4-2-1-3-5-11/h1-9,15H,10H2,(H2,18,20)/t15-/m0/s1. The summed E-state index contributed by atoms with van der Waals surface area (Å²) in [5, 5.41) is 0. The number of carbonyl (C=O) groups excluding carboxylic acids is 2. The van der Waals surface area contributed by atoms with Crippen LogP contribution in [0.2, 0.25) is 0 Å². The van der Waals surface area contributed by atoms with Crippen molar-refractivity contribution in [1.82, 2.24) is 0 Å². The Kier molecular flexibility index (Phi) is 5.55. The van der Waals surface area contributed by atoms with Gasteiger partial charge in [0.05, 0.1) is 5.75 Å². The summed E-state index contributed by atoms with van der Waals surface area (Å²) in [6.45, 7) is 0. The van der Waals surface area contributed by atoms with Crippen LogP contribution >= 0.6 is 11.8 Å². The molecule has 22 heavy (non-hydrogen) atoms. The minimum Gasteiger partial charge on any atom is -0.447 e. The second kappa shape index (κ2) is 7.61. The quantitative estimate of drug-likeness (QED) is 0.656. The Labute approximate surface area is 131 Å². The summed E-state index contributed by atoms with van der Waals surface area (Å²) in [7, 11) is 0. The van der Waals surface area contributed by atoms with Crippen molar-refractivity contribution in [2.75, 3.05) is 5.75 Å². The first-order valence-electron chi connectivity index (χ1n) is 6.48. The van der Waals surface area contributed by atoms with E-state index in [1.165, 1.54) is 23.9 Å². The Morgan fingerprint density at radius 1 is 1.09 bits per heavy atom. The molecule has 0 aliphatic carbocycles. The summed E-state index contributed by atoms with van der Waals surface area (Å²) in [4.78, 5) is 24.0. The molecule has 0 aliphatic rings. The molecular formula is C16H14FNO3S. The fourth-order valence-electron chi connectivity index (χ4n) is 1.76. The Morgan fingerprint density at radius 3 is 2.32 bits per heavy atom. The predicted octanol–water partition coefficient (Wildman–Crippen LogP) is 2.69. The molecule has 0 aliphatic heterocycles. The molecule has 2 aromatic carbocycles. The van der Waals surface area contributed by atoms with Gasteiger partial charge in [0, 0.05) is 10.5 Å². The van der Waals surface area contributed by atoms with E-state index in [1.807, 2.05) is 0 Å². The van der Waals surface area contributed by atoms with Crippen LogP contribution in [0.25, 0.3) is 0 Å². The Bertz CT molecular complexity index is 646. The van der Waals surface area contributed by atoms with Crippen molar-refractivity contribution in [3.63, 3.8) is 0 Å². The van der Waals surface area contributed by atoms with E-state index in [2.05, 4.69) is 0 Å². The summed E-state index contributed by atoms with van der Waals surface area (Å²) in [5.74, 6) is -1.64. The summed E-state index contributed by atoms with van der Waals surface area (Å²) in [6, 6.07) is 14.3. The van der Waals surface area contributed by atoms with E-state index in [0.717, 1.165) is 4.90 Å². The van der Waals surface area contributed by atoms with Gasteiger partial charge in [-0.3, -0.25) is 9.59 Å². The van der Waals surface area contributed by atoms with Crippen LogP contribution in [0.15, 0.2) is 59.5 Å². The number of ether oxygens (including phenoxy) is 1. The maximum Gasteiger partial charge on any atom is 0.317 e. The van der Waals surface area contributed by atoms with Crippen LogP contribution < -0.4 is 5.73 Å². The van der Waals surface area contributed by atoms with Gasteiger partial charge < -0.3 is 10.5 Å². The van der Waals surface area contributed by atoms with Gasteiger partial charge in [0.25, 0.3) is 5.91 Å². The highest BCUT2D eigenvalue weighted by Crippen LogP contribution is 2.21. The molecule has 0 spiro atoms. The van der Waals surface area contributed by atoms with Gasteiger partial charge in [-0.25, -0.2) is 4.39 Å². The molecule has 2 aromatic rings. The maximum absolute atomic E-state index is 12.8. The van der Waals surface area contributed by atoms with Gasteiger partial charge in [-0.2, -0.15) is 0 Å². The zero-order valence-corrected chi connectivity index (χ0v) is 12.4. The van der Waals surface area contributed by atoms with Crippen LogP contribution in [0.4, 0.5) is 4.39 Å². The molecule has 4 nitrogen and oxygen atoms in total. The number of halogens is 1. The average Bonchev–Trinajstić information content (AvgIpc) is 2.52. The number of carbonyl (C=O) groups is 2. The third kappa shape index (κ3) is 4.60. The van der Waals surface area contributed by atoms with Gasteiger partial charge in [0.1, 0.15) is 5.82 Å². The van der Waals surface area contributed by atoms with E-state index in [0.29, 0.717) is 5.56 Å². The molecule has 0 heterocycles. The number of rotatable bonds is 6. The normalized spacial score (nSPS) is 11.7. The summed E-state index contributed by atoms with van der Waals surface area (Å²) in [5.41, 5.74) is 5.80. The fourth-order valence-corrected chi connectivity index (χ4v) is 2.44. The lowest BCUT2D eigenvalue weighted by molar-refractivity contribution is -0.152. The van der Waals surface area contributed by atoms with Crippen LogP contribution in [-0.2, 0) is 14.3 Å². The van der Waals surface area contributed by atoms with E-state index < -0.39 is 18.0 Å². The van der Waals surface area contributed by atoms with Crippen LogP contribution in [-0.4, -0.2) is 17.6 Å². The zero-order chi connectivity index (χ0) is 15.9. The number of esters is 1. The van der Waals surface area contributed by atoms with Gasteiger partial charge in [-0.05, 0) is 24.3 Å². The number of hydrogen-bond donors (Lipinski definition) is 1. The molecule has 0 saturated carbocycles. The van der Waals surface area contributed by atoms with Crippen molar-refractivity contribution >= 4 is 23.6 Å². The highest BCUT2D eigenvalue weighted by Gasteiger charge is 2.22. The van der Waals surface area contributed by atoms with Crippen LogP contribution in [0, 0.1) is 5.82 Å². The van der Waals surface area contributed by atoms with E-state index >= 15 is 0 Å². The Morgan fingerprint density at radius 2 is 1.73 bits per heavy atom. The zero-order valence-electron chi connectivity index (χ0n) is 11.6. The summed E-state index contributed by atoms with van der Waals surface area (Å²) < 4.78 is 17.9. The van der Waals surface area contributed by atoms with Crippen molar-refractivity contribution < 1.29 is 18.7 Å². The molecule has 0 aromatic heterocycles. The Hall–Kier alpha value is -2.34. The largest absolute Gasteiger partial charge is 0.447 e. The lowest BCUT2D eigenvalue weighted by Gasteiger charge is -2.14. The van der Waals surface area contributed by atoms with Crippen LogP contribution in [0.3, 0.4) is 0 Å². The monoisotopic (exact) mass is 319 g/mol. The topological polar surface area (TPSA) is 69.4 Å². The molecule has 6 heteroatoms. The number of primary amides is 1. The first-order valence-corrected chi connectivity index (χ1v) is 7.47. The summed E-state index contributed by atoms with van der Waals surface area (Å²) in [6.07, 6.45) is -1.11. The van der Waals surface area contributed by atoms with Crippen molar-refractivity contribution in [2.45, 2.75) is 11.0 Å². The highest BCUT2D eigenvalue weighted by atomic mass is 32.2. The van der Waals surface area contributed by atoms with Gasteiger partial charge in [0.15, 0.2) is 0 Å². The molecular weight excluding hydrogens is 305 g/mol. The molecule has 1 atom stereocenters. The van der Waals surface area contributed by atoms with Crippen molar-refractivity contribution in [2.24, 2.45) is 5.73 Å². The number of nitrogens with two attached hydrogens (primary N) is 1. The van der Waals surface area contributed by atoms with E-state index in [-0.39, 0.29) is 11.6 Å². The predicted molar refractivity (Wildman–Crippen MR) is 81.6 cm³/mol. The molecule has 0 fully saturated rings. The smallest absolute Gasteiger partial charge is 0.317 e. The second-order valence-electron chi connectivity index (χ2n) is 4.43.